The highest BCUT2D eigenvalue weighted by molar-refractivity contribution is 5.83. The van der Waals surface area contributed by atoms with Crippen LogP contribution in [-0.2, 0) is 11.2 Å². The number of nitrogens with one attached hydrogen (secondary N) is 1. The Morgan fingerprint density at radius 3 is 2.62 bits per heavy atom. The van der Waals surface area contributed by atoms with Gasteiger partial charge in [0.05, 0.1) is 5.69 Å². The van der Waals surface area contributed by atoms with Gasteiger partial charge >= 0.3 is 0 Å². The van der Waals surface area contributed by atoms with Gasteiger partial charge in [0.1, 0.15) is 5.75 Å². The highest BCUT2D eigenvalue weighted by Crippen LogP contribution is 2.23. The normalized spacial score (nSPS) is 16.1. The number of nitrogens with zero attached hydrogens (tertiary/aromatic N) is 4. The number of phenolic OH excluding ortho intramolecular Hbond substituents is 1. The molecule has 0 spiro atoms. The van der Waals surface area contributed by atoms with Gasteiger partial charge in [-0.25, -0.2) is 4.68 Å². The fraction of sp³-hybridized carbons (Fsp3) is 0.438. The van der Waals surface area contributed by atoms with Crippen LogP contribution in [0.3, 0.4) is 0 Å². The molecule has 1 aliphatic heterocycles. The van der Waals surface area contributed by atoms with E-state index in [2.05, 4.69) is 15.6 Å². The van der Waals surface area contributed by atoms with E-state index in [4.69, 9.17) is 5.11 Å². The topological polar surface area (TPSA) is 104 Å². The van der Waals surface area contributed by atoms with Crippen LogP contribution in [0.5, 0.6) is 5.75 Å². The lowest BCUT2D eigenvalue weighted by atomic mass is 10.0. The lowest BCUT2D eigenvalue weighted by Gasteiger charge is -2.31. The smallest absolute Gasteiger partial charge is 0.252 e. The maximum absolute atomic E-state index is 13.0. The molecule has 24 heavy (non-hydrogen) atoms. The molecule has 0 saturated carbocycles. The molecule has 8 nitrogen and oxygen atoms in total. The first-order valence-corrected chi connectivity index (χ1v) is 7.99. The van der Waals surface area contributed by atoms with Crippen LogP contribution >= 0.6 is 0 Å². The zero-order valence-electron chi connectivity index (χ0n) is 13.3. The summed E-state index contributed by atoms with van der Waals surface area (Å²) in [5.74, 6) is 0.0920. The fourth-order valence-electron chi connectivity index (χ4n) is 2.79. The highest BCUT2D eigenvalue weighted by atomic mass is 16.3. The lowest BCUT2D eigenvalue weighted by Crippen LogP contribution is -2.49. The molecule has 2 heterocycles. The quantitative estimate of drug-likeness (QED) is 0.685. The number of phenols is 1. The Morgan fingerprint density at radius 2 is 1.96 bits per heavy atom. The van der Waals surface area contributed by atoms with Gasteiger partial charge in [0.2, 0.25) is 0 Å². The van der Waals surface area contributed by atoms with E-state index in [0.717, 1.165) is 18.7 Å². The van der Waals surface area contributed by atoms with E-state index in [9.17, 15) is 9.90 Å². The van der Waals surface area contributed by atoms with Gasteiger partial charge in [-0.05, 0) is 17.7 Å². The van der Waals surface area contributed by atoms with E-state index in [-0.39, 0.29) is 18.3 Å². The minimum absolute atomic E-state index is 0.0195. The molecule has 3 rings (SSSR count). The van der Waals surface area contributed by atoms with E-state index in [0.29, 0.717) is 25.2 Å². The van der Waals surface area contributed by atoms with Crippen LogP contribution in [0.15, 0.2) is 30.5 Å². The van der Waals surface area contributed by atoms with E-state index in [1.54, 1.807) is 35.4 Å². The number of rotatable bonds is 5. The van der Waals surface area contributed by atoms with Gasteiger partial charge in [-0.15, -0.1) is 5.10 Å². The van der Waals surface area contributed by atoms with Crippen LogP contribution in [0.4, 0.5) is 0 Å². The van der Waals surface area contributed by atoms with Gasteiger partial charge in [-0.2, -0.15) is 0 Å². The lowest BCUT2D eigenvalue weighted by molar-refractivity contribution is -0.134. The third kappa shape index (κ3) is 3.55. The standard InChI is InChI=1S/C16H21N5O3/c22-10-5-13-11-21(19-18-13)15(12-1-3-14(23)4-2-12)16(24)20-8-6-17-7-9-20/h1-4,11,15,17,22-23H,5-10H2. The zero-order valence-corrected chi connectivity index (χ0v) is 13.3. The number of aromatic hydroxyl groups is 1. The minimum Gasteiger partial charge on any atom is -0.508 e. The second-order valence-corrected chi connectivity index (χ2v) is 5.73. The molecular formula is C16H21N5O3. The van der Waals surface area contributed by atoms with Crippen molar-refractivity contribution in [3.05, 3.63) is 41.7 Å². The molecule has 3 N–H and O–H groups in total. The van der Waals surface area contributed by atoms with Crippen molar-refractivity contribution in [2.45, 2.75) is 12.5 Å². The number of aromatic nitrogens is 3. The predicted molar refractivity (Wildman–Crippen MR) is 86.5 cm³/mol. The third-order valence-electron chi connectivity index (χ3n) is 4.06. The molecule has 1 unspecified atom stereocenters. The van der Waals surface area contributed by atoms with Gasteiger partial charge in [-0.1, -0.05) is 17.3 Å². The Kier molecular flexibility index (Phi) is 5.07. The van der Waals surface area contributed by atoms with Crippen LogP contribution in [-0.4, -0.2) is 68.8 Å². The molecule has 2 aromatic rings. The number of amides is 1. The van der Waals surface area contributed by atoms with Crippen LogP contribution in [0.1, 0.15) is 17.3 Å². The average Bonchev–Trinajstić information content (AvgIpc) is 3.06. The van der Waals surface area contributed by atoms with Gasteiger partial charge in [0, 0.05) is 45.4 Å². The summed E-state index contributed by atoms with van der Waals surface area (Å²) in [4.78, 5) is 14.9. The van der Waals surface area contributed by atoms with E-state index in [1.807, 2.05) is 0 Å². The van der Waals surface area contributed by atoms with Crippen molar-refractivity contribution in [1.29, 1.82) is 0 Å². The van der Waals surface area contributed by atoms with E-state index < -0.39 is 6.04 Å². The summed E-state index contributed by atoms with van der Waals surface area (Å²) in [5, 5.41) is 29.9. The molecule has 0 bridgehead atoms. The number of hydrogen-bond donors (Lipinski definition) is 3. The van der Waals surface area contributed by atoms with Gasteiger partial charge in [0.15, 0.2) is 6.04 Å². The van der Waals surface area contributed by atoms with Crippen molar-refractivity contribution in [1.82, 2.24) is 25.2 Å². The zero-order chi connectivity index (χ0) is 16.9. The van der Waals surface area contributed by atoms with Crippen molar-refractivity contribution < 1.29 is 15.0 Å². The van der Waals surface area contributed by atoms with Gasteiger partial charge in [0.25, 0.3) is 5.91 Å². The van der Waals surface area contributed by atoms with E-state index >= 15 is 0 Å². The monoisotopic (exact) mass is 331 g/mol. The molecule has 1 saturated heterocycles. The second kappa shape index (κ2) is 7.41. The Bertz CT molecular complexity index is 679. The summed E-state index contributed by atoms with van der Waals surface area (Å²) in [6.07, 6.45) is 2.08. The third-order valence-corrected chi connectivity index (χ3v) is 4.06. The van der Waals surface area contributed by atoms with Gasteiger partial charge in [-0.3, -0.25) is 4.79 Å². The molecule has 128 valence electrons. The number of carbonyl (C=O) groups is 1. The summed E-state index contributed by atoms with van der Waals surface area (Å²) < 4.78 is 1.53. The first-order valence-electron chi connectivity index (χ1n) is 7.99. The summed E-state index contributed by atoms with van der Waals surface area (Å²) in [6.45, 7) is 2.80. The molecule has 1 atom stereocenters. The predicted octanol–water partition coefficient (Wildman–Crippen LogP) is -0.460. The number of aliphatic hydroxyl groups is 1. The highest BCUT2D eigenvalue weighted by Gasteiger charge is 2.29. The molecule has 1 aliphatic rings. The Labute approximate surface area is 139 Å². The first-order chi connectivity index (χ1) is 11.7. The molecule has 8 heteroatoms. The largest absolute Gasteiger partial charge is 0.508 e. The van der Waals surface area contributed by atoms with E-state index in [1.165, 1.54) is 4.68 Å². The van der Waals surface area contributed by atoms with Crippen LogP contribution in [0.25, 0.3) is 0 Å². The molecule has 0 aliphatic carbocycles. The maximum Gasteiger partial charge on any atom is 0.252 e. The van der Waals surface area contributed by atoms with Crippen LogP contribution in [0, 0.1) is 0 Å². The minimum atomic E-state index is -0.636. The molecule has 1 fully saturated rings. The SMILES string of the molecule is O=C(C(c1ccc(O)cc1)n1cc(CCO)nn1)N1CCNCC1. The number of benzene rings is 1. The van der Waals surface area contributed by atoms with Crippen LogP contribution in [0.2, 0.25) is 0 Å². The molecular weight excluding hydrogens is 310 g/mol. The number of aliphatic hydroxyl groups excluding tert-OH is 1. The van der Waals surface area contributed by atoms with Crippen molar-refractivity contribution >= 4 is 5.91 Å². The number of hydrogen-bond acceptors (Lipinski definition) is 6. The Morgan fingerprint density at radius 1 is 1.25 bits per heavy atom. The Hall–Kier alpha value is -2.45. The molecule has 1 aromatic heterocycles. The molecule has 1 aromatic carbocycles. The second-order valence-electron chi connectivity index (χ2n) is 5.73. The van der Waals surface area contributed by atoms with Gasteiger partial charge < -0.3 is 20.4 Å². The van der Waals surface area contributed by atoms with Crippen molar-refractivity contribution in [2.75, 3.05) is 32.8 Å². The summed E-state index contributed by atoms with van der Waals surface area (Å²) in [6, 6.07) is 5.91. The Balaban J connectivity index is 1.92. The number of carbonyl (C=O) groups excluding carboxylic acids is 1. The summed E-state index contributed by atoms with van der Waals surface area (Å²) in [7, 11) is 0. The number of piperazine rings is 1. The first kappa shape index (κ1) is 16.4. The van der Waals surface area contributed by atoms with Crippen molar-refractivity contribution in [3.8, 4) is 5.75 Å². The fourth-order valence-corrected chi connectivity index (χ4v) is 2.79. The average molecular weight is 331 g/mol. The molecule has 1 amide bonds. The maximum atomic E-state index is 13.0. The van der Waals surface area contributed by atoms with Crippen molar-refractivity contribution in [3.63, 3.8) is 0 Å². The summed E-state index contributed by atoms with van der Waals surface area (Å²) >= 11 is 0. The van der Waals surface area contributed by atoms with Crippen molar-refractivity contribution in [2.24, 2.45) is 0 Å². The summed E-state index contributed by atoms with van der Waals surface area (Å²) in [5.41, 5.74) is 1.37. The molecule has 0 radical (unpaired) electrons. The van der Waals surface area contributed by atoms with Crippen LogP contribution < -0.4 is 5.32 Å².